The van der Waals surface area contributed by atoms with Crippen LogP contribution in [0.4, 0.5) is 0 Å². The van der Waals surface area contributed by atoms with Gasteiger partial charge in [0.05, 0.1) is 0 Å². The second kappa shape index (κ2) is 4.80. The summed E-state index contributed by atoms with van der Waals surface area (Å²) in [6.45, 7) is 4.42. The highest BCUT2D eigenvalue weighted by atomic mass is 16.5. The predicted molar refractivity (Wildman–Crippen MR) is 77.7 cm³/mol. The van der Waals surface area contributed by atoms with Crippen LogP contribution >= 0.6 is 0 Å². The number of piperidine rings is 1. The molecule has 1 fully saturated rings. The monoisotopic (exact) mass is 260 g/mol. The van der Waals surface area contributed by atoms with Gasteiger partial charge in [-0.25, -0.2) is 0 Å². The van der Waals surface area contributed by atoms with Crippen LogP contribution < -0.4 is 10.1 Å². The normalized spacial score (nSPS) is 25.9. The van der Waals surface area contributed by atoms with Crippen molar-refractivity contribution in [2.24, 2.45) is 0 Å². The zero-order valence-electron chi connectivity index (χ0n) is 12.2. The maximum Gasteiger partial charge on any atom is 0.124 e. The summed E-state index contributed by atoms with van der Waals surface area (Å²) in [6, 6.07) is 6.98. The molecule has 0 aliphatic carbocycles. The fourth-order valence-corrected chi connectivity index (χ4v) is 3.38. The van der Waals surface area contributed by atoms with E-state index in [1.54, 1.807) is 0 Å². The van der Waals surface area contributed by atoms with E-state index in [1.807, 2.05) is 0 Å². The van der Waals surface area contributed by atoms with Crippen molar-refractivity contribution >= 4 is 0 Å². The topological polar surface area (TPSA) is 24.5 Å². The fraction of sp³-hybridized carbons (Fsp3) is 0.625. The molecule has 1 atom stereocenters. The van der Waals surface area contributed by atoms with Crippen LogP contribution in [-0.2, 0) is 0 Å². The number of nitrogens with zero attached hydrogens (tertiary/aromatic N) is 1. The van der Waals surface area contributed by atoms with E-state index >= 15 is 0 Å². The number of fused-ring (bicyclic) bond motifs is 1. The molecule has 2 aliphatic heterocycles. The highest BCUT2D eigenvalue weighted by Crippen LogP contribution is 2.44. The molecule has 0 amide bonds. The van der Waals surface area contributed by atoms with Gasteiger partial charge in [0.1, 0.15) is 11.4 Å². The van der Waals surface area contributed by atoms with Crippen molar-refractivity contribution in [1.82, 2.24) is 10.2 Å². The molecule has 0 bridgehead atoms. The van der Waals surface area contributed by atoms with Crippen LogP contribution in [0.5, 0.6) is 5.75 Å². The van der Waals surface area contributed by atoms with E-state index in [0.29, 0.717) is 6.04 Å². The van der Waals surface area contributed by atoms with Crippen molar-refractivity contribution in [1.29, 1.82) is 0 Å². The van der Waals surface area contributed by atoms with Gasteiger partial charge in [-0.3, -0.25) is 0 Å². The molecule has 3 rings (SSSR count). The Labute approximate surface area is 115 Å². The molecular weight excluding hydrogens is 236 g/mol. The Morgan fingerprint density at radius 3 is 2.74 bits per heavy atom. The number of benzene rings is 1. The highest BCUT2D eigenvalue weighted by Gasteiger charge is 2.42. The Morgan fingerprint density at radius 2 is 2.05 bits per heavy atom. The van der Waals surface area contributed by atoms with E-state index in [2.05, 4.69) is 49.4 Å². The number of ether oxygens (including phenoxy) is 1. The van der Waals surface area contributed by atoms with E-state index in [9.17, 15) is 0 Å². The van der Waals surface area contributed by atoms with Crippen LogP contribution in [0.25, 0.3) is 0 Å². The maximum atomic E-state index is 6.43. The molecule has 1 aromatic carbocycles. The third kappa shape index (κ3) is 2.37. The maximum absolute atomic E-state index is 6.43. The lowest BCUT2D eigenvalue weighted by Crippen LogP contribution is -2.50. The second-order valence-electron chi connectivity index (χ2n) is 6.18. The lowest BCUT2D eigenvalue weighted by molar-refractivity contribution is -0.0195. The zero-order chi connectivity index (χ0) is 13.5. The van der Waals surface area contributed by atoms with E-state index in [4.69, 9.17) is 4.74 Å². The summed E-state index contributed by atoms with van der Waals surface area (Å²) in [4.78, 5) is 2.40. The minimum absolute atomic E-state index is 0.0441. The van der Waals surface area contributed by atoms with Gasteiger partial charge >= 0.3 is 0 Å². The van der Waals surface area contributed by atoms with Gasteiger partial charge in [-0.15, -0.1) is 0 Å². The lowest BCUT2D eigenvalue weighted by Gasteiger charge is -2.46. The van der Waals surface area contributed by atoms with Gasteiger partial charge in [0.15, 0.2) is 0 Å². The fourth-order valence-electron chi connectivity index (χ4n) is 3.38. The van der Waals surface area contributed by atoms with Crippen molar-refractivity contribution in [2.75, 3.05) is 27.2 Å². The van der Waals surface area contributed by atoms with Crippen molar-refractivity contribution < 1.29 is 4.74 Å². The van der Waals surface area contributed by atoms with Crippen LogP contribution in [-0.4, -0.2) is 37.7 Å². The van der Waals surface area contributed by atoms with E-state index in [-0.39, 0.29) is 5.60 Å². The molecule has 2 heterocycles. The second-order valence-corrected chi connectivity index (χ2v) is 6.18. The summed E-state index contributed by atoms with van der Waals surface area (Å²) in [5, 5.41) is 3.48. The first-order valence-electron chi connectivity index (χ1n) is 7.27. The number of nitrogens with one attached hydrogen (secondary N) is 1. The van der Waals surface area contributed by atoms with Gasteiger partial charge in [-0.1, -0.05) is 17.7 Å². The van der Waals surface area contributed by atoms with Crippen molar-refractivity contribution in [3.63, 3.8) is 0 Å². The van der Waals surface area contributed by atoms with Gasteiger partial charge in [0.2, 0.25) is 0 Å². The highest BCUT2D eigenvalue weighted by molar-refractivity contribution is 5.41. The first-order chi connectivity index (χ1) is 9.12. The Balaban J connectivity index is 1.91. The molecule has 1 aromatic rings. The summed E-state index contributed by atoms with van der Waals surface area (Å²) in [7, 11) is 4.26. The van der Waals surface area contributed by atoms with Crippen LogP contribution in [0.3, 0.4) is 0 Å². The lowest BCUT2D eigenvalue weighted by atomic mass is 9.80. The number of likely N-dealkylation sites (tertiary alicyclic amines) is 1. The zero-order valence-corrected chi connectivity index (χ0v) is 12.2. The number of hydrogen-bond donors (Lipinski definition) is 1. The largest absolute Gasteiger partial charge is 0.487 e. The first-order valence-corrected chi connectivity index (χ1v) is 7.27. The van der Waals surface area contributed by atoms with Crippen molar-refractivity contribution in [2.45, 2.75) is 37.8 Å². The molecule has 0 radical (unpaired) electrons. The molecule has 0 aromatic heterocycles. The average molecular weight is 260 g/mol. The minimum Gasteiger partial charge on any atom is -0.487 e. The average Bonchev–Trinajstić information content (AvgIpc) is 2.42. The third-order valence-electron chi connectivity index (χ3n) is 4.69. The molecule has 104 valence electrons. The molecule has 1 spiro atoms. The smallest absolute Gasteiger partial charge is 0.124 e. The Hall–Kier alpha value is -1.06. The third-order valence-corrected chi connectivity index (χ3v) is 4.69. The standard InChI is InChI=1S/C16H24N2O/c1-12-4-5-15-13(10-12)14(17-2)11-16(19-15)6-8-18(3)9-7-16/h4-5,10,14,17H,6-9,11H2,1-3H3. The van der Waals surface area contributed by atoms with Crippen molar-refractivity contribution in [3.8, 4) is 5.75 Å². The Morgan fingerprint density at radius 1 is 1.32 bits per heavy atom. The summed E-state index contributed by atoms with van der Waals surface area (Å²) < 4.78 is 6.43. The molecule has 1 unspecified atom stereocenters. The Bertz CT molecular complexity index is 464. The molecular formula is C16H24N2O. The van der Waals surface area contributed by atoms with Gasteiger partial charge in [-0.05, 0) is 39.9 Å². The first kappa shape index (κ1) is 12.9. The van der Waals surface area contributed by atoms with E-state index < -0.39 is 0 Å². The molecule has 3 nitrogen and oxygen atoms in total. The summed E-state index contributed by atoms with van der Waals surface area (Å²) in [5.74, 6) is 1.08. The Kier molecular flexibility index (Phi) is 3.27. The molecule has 0 saturated carbocycles. The van der Waals surface area contributed by atoms with E-state index in [0.717, 1.165) is 38.1 Å². The number of hydrogen-bond acceptors (Lipinski definition) is 3. The molecule has 19 heavy (non-hydrogen) atoms. The molecule has 3 heteroatoms. The molecule has 1 saturated heterocycles. The van der Waals surface area contributed by atoms with Gasteiger partial charge in [0, 0.05) is 31.1 Å². The van der Waals surface area contributed by atoms with Crippen LogP contribution in [0.2, 0.25) is 0 Å². The summed E-state index contributed by atoms with van der Waals surface area (Å²) >= 11 is 0. The number of rotatable bonds is 1. The molecule has 2 aliphatic rings. The van der Waals surface area contributed by atoms with Crippen LogP contribution in [0, 0.1) is 6.92 Å². The quantitative estimate of drug-likeness (QED) is 0.839. The minimum atomic E-state index is 0.0441. The van der Waals surface area contributed by atoms with Crippen LogP contribution in [0.15, 0.2) is 18.2 Å². The SMILES string of the molecule is CNC1CC2(CCN(C)CC2)Oc2ccc(C)cc21. The summed E-state index contributed by atoms with van der Waals surface area (Å²) in [6.07, 6.45) is 3.36. The van der Waals surface area contributed by atoms with Crippen molar-refractivity contribution in [3.05, 3.63) is 29.3 Å². The van der Waals surface area contributed by atoms with Gasteiger partial charge in [-0.2, -0.15) is 0 Å². The predicted octanol–water partition coefficient (Wildman–Crippen LogP) is 2.50. The molecule has 1 N–H and O–H groups in total. The van der Waals surface area contributed by atoms with Gasteiger partial charge in [0.25, 0.3) is 0 Å². The summed E-state index contributed by atoms with van der Waals surface area (Å²) in [5.41, 5.74) is 2.68. The number of aryl methyl sites for hydroxylation is 1. The van der Waals surface area contributed by atoms with Crippen LogP contribution in [0.1, 0.15) is 36.4 Å². The van der Waals surface area contributed by atoms with E-state index in [1.165, 1.54) is 11.1 Å². The van der Waals surface area contributed by atoms with Gasteiger partial charge < -0.3 is 15.0 Å².